The topological polar surface area (TPSA) is 133 Å². The van der Waals surface area contributed by atoms with Crippen LogP contribution in [0.3, 0.4) is 0 Å². The van der Waals surface area contributed by atoms with Gasteiger partial charge >= 0.3 is 5.97 Å². The fourth-order valence-corrected chi connectivity index (χ4v) is 4.47. The van der Waals surface area contributed by atoms with Crippen molar-refractivity contribution in [1.82, 2.24) is 0 Å². The quantitative estimate of drug-likeness (QED) is 0.246. The van der Waals surface area contributed by atoms with Crippen LogP contribution >= 0.6 is 23.2 Å². The monoisotopic (exact) mass is 566 g/mol. The number of aliphatic hydroxyl groups is 1. The highest BCUT2D eigenvalue weighted by Crippen LogP contribution is 2.43. The molecular formula is C28H20Cl2N2O7. The number of anilines is 2. The van der Waals surface area contributed by atoms with Gasteiger partial charge in [-0.25, -0.2) is 4.79 Å². The highest BCUT2D eigenvalue weighted by Gasteiger charge is 2.44. The first-order chi connectivity index (χ1) is 18.6. The van der Waals surface area contributed by atoms with Crippen molar-refractivity contribution in [2.75, 3.05) is 17.3 Å². The molecule has 0 aromatic heterocycles. The molecular weight excluding hydrogens is 547 g/mol. The minimum Gasteiger partial charge on any atom is -0.503 e. The molecule has 2 amide bonds. The van der Waals surface area contributed by atoms with Crippen LogP contribution in [0.15, 0.2) is 90.2 Å². The first-order valence-electron chi connectivity index (χ1n) is 11.3. The summed E-state index contributed by atoms with van der Waals surface area (Å²) in [5.74, 6) is -3.87. The maximum Gasteiger partial charge on any atom is 0.328 e. The Morgan fingerprint density at radius 3 is 2.36 bits per heavy atom. The summed E-state index contributed by atoms with van der Waals surface area (Å²) < 4.78 is 5.19. The summed E-state index contributed by atoms with van der Waals surface area (Å²) in [7, 11) is 1.45. The van der Waals surface area contributed by atoms with Crippen LogP contribution in [0.2, 0.25) is 10.0 Å². The van der Waals surface area contributed by atoms with Gasteiger partial charge in [-0.2, -0.15) is 0 Å². The third-order valence-corrected chi connectivity index (χ3v) is 6.37. The number of methoxy groups -OCH3 is 1. The maximum atomic E-state index is 13.8. The van der Waals surface area contributed by atoms with Gasteiger partial charge in [0.15, 0.2) is 11.5 Å². The van der Waals surface area contributed by atoms with Crippen molar-refractivity contribution in [3.8, 4) is 5.75 Å². The molecule has 0 spiro atoms. The van der Waals surface area contributed by atoms with E-state index in [-0.39, 0.29) is 21.8 Å². The lowest BCUT2D eigenvalue weighted by atomic mass is 9.92. The molecule has 1 atom stereocenters. The van der Waals surface area contributed by atoms with E-state index in [1.165, 1.54) is 42.3 Å². The molecule has 0 saturated heterocycles. The number of carboxylic acids is 1. The van der Waals surface area contributed by atoms with E-state index >= 15 is 0 Å². The number of benzene rings is 3. The van der Waals surface area contributed by atoms with Crippen LogP contribution in [0, 0.1) is 0 Å². The van der Waals surface area contributed by atoms with Gasteiger partial charge in [-0.15, -0.1) is 0 Å². The molecule has 0 radical (unpaired) electrons. The Labute approximate surface area is 232 Å². The molecule has 4 rings (SSSR count). The predicted octanol–water partition coefficient (Wildman–Crippen LogP) is 5.36. The van der Waals surface area contributed by atoms with E-state index in [0.717, 1.165) is 6.08 Å². The molecule has 0 fully saturated rings. The number of hydrogen-bond acceptors (Lipinski definition) is 6. The molecule has 1 aliphatic heterocycles. The molecule has 0 bridgehead atoms. The highest BCUT2D eigenvalue weighted by molar-refractivity contribution is 6.32. The molecule has 0 aliphatic carbocycles. The Balaban J connectivity index is 1.76. The third-order valence-electron chi connectivity index (χ3n) is 5.82. The fraction of sp³-hybridized carbons (Fsp3) is 0.0714. The SMILES string of the molecule is COc1ccc(N2C(=O)C(O)=C(C(=O)c3cccc(NC(=O)C=CC(=O)O)c3)C2c2ccc(Cl)cc2)cc1Cl. The van der Waals surface area contributed by atoms with E-state index in [9.17, 15) is 24.3 Å². The molecule has 1 heterocycles. The number of nitrogens with one attached hydrogen (secondary N) is 1. The van der Waals surface area contributed by atoms with E-state index < -0.39 is 35.4 Å². The number of ether oxygens (including phenoxy) is 1. The van der Waals surface area contributed by atoms with Crippen molar-refractivity contribution >= 4 is 58.1 Å². The van der Waals surface area contributed by atoms with Gasteiger partial charge in [-0.3, -0.25) is 19.3 Å². The van der Waals surface area contributed by atoms with E-state index in [1.54, 1.807) is 36.4 Å². The standard InChI is InChI=1S/C28H20Cl2N2O7/c1-39-21-10-9-19(14-20(21)30)32-25(15-5-7-17(29)8-6-15)24(27(37)28(32)38)26(36)16-3-2-4-18(13-16)31-22(33)11-12-23(34)35/h2-14,25,37H,1H3,(H,31,33)(H,34,35). The van der Waals surface area contributed by atoms with E-state index in [1.807, 2.05) is 0 Å². The first-order valence-corrected chi connectivity index (χ1v) is 12.1. The maximum absolute atomic E-state index is 13.8. The van der Waals surface area contributed by atoms with Gasteiger partial charge in [0.05, 0.1) is 23.7 Å². The molecule has 3 N–H and O–H groups in total. The van der Waals surface area contributed by atoms with Crippen LogP contribution in [0.25, 0.3) is 0 Å². The zero-order valence-corrected chi connectivity index (χ0v) is 21.7. The number of ketones is 1. The molecule has 11 heteroatoms. The second kappa shape index (κ2) is 11.4. The molecule has 0 saturated carbocycles. The van der Waals surface area contributed by atoms with Crippen molar-refractivity contribution in [3.05, 3.63) is 111 Å². The molecule has 3 aromatic rings. The van der Waals surface area contributed by atoms with Gasteiger partial charge in [-0.05, 0) is 48.0 Å². The van der Waals surface area contributed by atoms with E-state index in [2.05, 4.69) is 5.32 Å². The van der Waals surface area contributed by atoms with Crippen LogP contribution in [-0.2, 0) is 14.4 Å². The van der Waals surface area contributed by atoms with Crippen molar-refractivity contribution in [2.24, 2.45) is 0 Å². The molecule has 1 unspecified atom stereocenters. The Kier molecular flexibility index (Phi) is 8.04. The number of aliphatic carboxylic acids is 1. The van der Waals surface area contributed by atoms with Crippen molar-refractivity contribution in [3.63, 3.8) is 0 Å². The van der Waals surface area contributed by atoms with Crippen molar-refractivity contribution in [2.45, 2.75) is 6.04 Å². The summed E-state index contributed by atoms with van der Waals surface area (Å²) in [5, 5.41) is 22.8. The summed E-state index contributed by atoms with van der Waals surface area (Å²) in [5.41, 5.74) is 0.885. The second-order valence-electron chi connectivity index (χ2n) is 8.28. The van der Waals surface area contributed by atoms with E-state index in [4.69, 9.17) is 33.0 Å². The predicted molar refractivity (Wildman–Crippen MR) is 146 cm³/mol. The van der Waals surface area contributed by atoms with Gasteiger partial charge < -0.3 is 20.3 Å². The summed E-state index contributed by atoms with van der Waals surface area (Å²) in [6, 6.07) is 15.9. The lowest BCUT2D eigenvalue weighted by molar-refractivity contribution is -0.131. The molecule has 198 valence electrons. The minimum atomic E-state index is -1.29. The van der Waals surface area contributed by atoms with Gasteiger partial charge in [0.2, 0.25) is 5.91 Å². The van der Waals surface area contributed by atoms with Crippen LogP contribution in [0.4, 0.5) is 11.4 Å². The Hall–Kier alpha value is -4.60. The highest BCUT2D eigenvalue weighted by atomic mass is 35.5. The normalized spacial score (nSPS) is 15.1. The minimum absolute atomic E-state index is 0.0675. The van der Waals surface area contributed by atoms with Crippen LogP contribution < -0.4 is 15.0 Å². The summed E-state index contributed by atoms with van der Waals surface area (Å²) in [4.78, 5) is 51.1. The zero-order valence-electron chi connectivity index (χ0n) is 20.2. The van der Waals surface area contributed by atoms with E-state index in [0.29, 0.717) is 28.1 Å². The number of hydrogen-bond donors (Lipinski definition) is 3. The second-order valence-corrected chi connectivity index (χ2v) is 9.12. The number of carboxylic acid groups (broad SMARTS) is 1. The number of nitrogens with zero attached hydrogens (tertiary/aromatic N) is 1. The number of aliphatic hydroxyl groups excluding tert-OH is 1. The number of rotatable bonds is 8. The van der Waals surface area contributed by atoms with Gasteiger partial charge in [0.1, 0.15) is 5.75 Å². The summed E-state index contributed by atoms with van der Waals surface area (Å²) >= 11 is 12.4. The third kappa shape index (κ3) is 5.79. The fourth-order valence-electron chi connectivity index (χ4n) is 4.09. The summed E-state index contributed by atoms with van der Waals surface area (Å²) in [6.45, 7) is 0. The number of carbonyl (C=O) groups excluding carboxylic acids is 3. The lowest BCUT2D eigenvalue weighted by Crippen LogP contribution is -2.31. The first kappa shape index (κ1) is 27.4. The molecule has 3 aromatic carbocycles. The van der Waals surface area contributed by atoms with Crippen LogP contribution in [-0.4, -0.2) is 40.9 Å². The van der Waals surface area contributed by atoms with Crippen molar-refractivity contribution < 1.29 is 34.1 Å². The number of Topliss-reactive ketones (excluding diaryl/α,β-unsaturated/α-hetero) is 1. The molecule has 39 heavy (non-hydrogen) atoms. The number of amides is 2. The largest absolute Gasteiger partial charge is 0.503 e. The molecule has 9 nitrogen and oxygen atoms in total. The Morgan fingerprint density at radius 1 is 1.00 bits per heavy atom. The smallest absolute Gasteiger partial charge is 0.328 e. The summed E-state index contributed by atoms with van der Waals surface area (Å²) in [6.07, 6.45) is 1.50. The molecule has 1 aliphatic rings. The van der Waals surface area contributed by atoms with Gasteiger partial charge in [0.25, 0.3) is 5.91 Å². The Bertz CT molecular complexity index is 1550. The Morgan fingerprint density at radius 2 is 1.72 bits per heavy atom. The lowest BCUT2D eigenvalue weighted by Gasteiger charge is -2.27. The number of halogens is 2. The average molecular weight is 567 g/mol. The van der Waals surface area contributed by atoms with Crippen molar-refractivity contribution in [1.29, 1.82) is 0 Å². The van der Waals surface area contributed by atoms with Crippen LogP contribution in [0.5, 0.6) is 5.75 Å². The average Bonchev–Trinajstić information content (AvgIpc) is 3.17. The number of carbonyl (C=O) groups is 4. The zero-order chi connectivity index (χ0) is 28.3. The van der Waals surface area contributed by atoms with Gasteiger partial charge in [0, 0.05) is 34.1 Å². The van der Waals surface area contributed by atoms with Gasteiger partial charge in [-0.1, -0.05) is 47.5 Å². The van der Waals surface area contributed by atoms with Crippen LogP contribution in [0.1, 0.15) is 22.0 Å².